The molecule has 0 aliphatic heterocycles. The molecule has 0 aliphatic carbocycles. The summed E-state index contributed by atoms with van der Waals surface area (Å²) in [4.78, 5) is 17.1. The van der Waals surface area contributed by atoms with E-state index in [1.807, 2.05) is 20.9 Å². The van der Waals surface area contributed by atoms with Gasteiger partial charge in [0.2, 0.25) is 5.96 Å². The maximum Gasteiger partial charge on any atom is 0.258 e. The Labute approximate surface area is 173 Å². The van der Waals surface area contributed by atoms with E-state index >= 15 is 0 Å². The van der Waals surface area contributed by atoms with E-state index in [-0.39, 0.29) is 23.9 Å². The molecular weight excluding hydrogens is 388 g/mol. The zero-order valence-electron chi connectivity index (χ0n) is 17.3. The van der Waals surface area contributed by atoms with Gasteiger partial charge < -0.3 is 5.32 Å². The third-order valence-corrected chi connectivity index (χ3v) is 4.83. The number of carbonyl (C=O) groups excluding carboxylic acids is 1. The summed E-state index contributed by atoms with van der Waals surface area (Å²) in [6.45, 7) is 5.72. The van der Waals surface area contributed by atoms with Gasteiger partial charge in [-0.05, 0) is 62.7 Å². The normalized spacial score (nSPS) is 11.5. The van der Waals surface area contributed by atoms with Crippen LogP contribution in [0.3, 0.4) is 0 Å². The lowest BCUT2D eigenvalue weighted by Gasteiger charge is -2.12. The Bertz CT molecular complexity index is 1100. The van der Waals surface area contributed by atoms with Gasteiger partial charge >= 0.3 is 0 Å². The Hall–Kier alpha value is -3.55. The lowest BCUT2D eigenvalue weighted by molar-refractivity contribution is 0.0976. The highest BCUT2D eigenvalue weighted by molar-refractivity contribution is 6.09. The number of anilines is 1. The SMILES string of the molecule is Cc1ccc(C(=O)NC(=NCc2c(C)nn(C)c2C)Nc2ccc(F)cc2)cc1F. The highest BCUT2D eigenvalue weighted by Crippen LogP contribution is 2.14. The third-order valence-electron chi connectivity index (χ3n) is 4.83. The standard InChI is InChI=1S/C22H23F2N5O/c1-13-5-6-16(11-20(13)24)21(30)27-22(26-18-9-7-17(23)8-10-18)25-12-19-14(2)28-29(4)15(19)3/h5-11H,12H2,1-4H3,(H2,25,26,27,30). The molecule has 0 spiro atoms. The summed E-state index contributed by atoms with van der Waals surface area (Å²) in [7, 11) is 1.85. The van der Waals surface area contributed by atoms with Crippen molar-refractivity contribution in [1.82, 2.24) is 15.1 Å². The van der Waals surface area contributed by atoms with Gasteiger partial charge in [0, 0.05) is 29.6 Å². The van der Waals surface area contributed by atoms with Crippen LogP contribution in [0.1, 0.15) is 32.9 Å². The smallest absolute Gasteiger partial charge is 0.258 e. The van der Waals surface area contributed by atoms with E-state index in [1.54, 1.807) is 17.7 Å². The number of guanidine groups is 1. The Morgan fingerprint density at radius 3 is 2.40 bits per heavy atom. The fourth-order valence-corrected chi connectivity index (χ4v) is 2.90. The maximum absolute atomic E-state index is 13.9. The number of carbonyl (C=O) groups is 1. The summed E-state index contributed by atoms with van der Waals surface area (Å²) in [6.07, 6.45) is 0. The third kappa shape index (κ3) is 4.89. The summed E-state index contributed by atoms with van der Waals surface area (Å²) < 4.78 is 28.8. The molecule has 0 radical (unpaired) electrons. The number of aliphatic imine (C=N–C) groups is 1. The van der Waals surface area contributed by atoms with Crippen LogP contribution in [0, 0.1) is 32.4 Å². The summed E-state index contributed by atoms with van der Waals surface area (Å²) in [5.41, 5.74) is 3.90. The molecule has 3 rings (SSSR count). The molecule has 156 valence electrons. The van der Waals surface area contributed by atoms with Gasteiger partial charge in [-0.15, -0.1) is 0 Å². The number of aromatic nitrogens is 2. The lowest BCUT2D eigenvalue weighted by atomic mass is 10.1. The Morgan fingerprint density at radius 2 is 1.80 bits per heavy atom. The van der Waals surface area contributed by atoms with Crippen molar-refractivity contribution < 1.29 is 13.6 Å². The predicted octanol–water partition coefficient (Wildman–Crippen LogP) is 4.02. The minimum atomic E-state index is -0.512. The Kier molecular flexibility index (Phi) is 6.25. The summed E-state index contributed by atoms with van der Waals surface area (Å²) in [6, 6.07) is 9.91. The quantitative estimate of drug-likeness (QED) is 0.503. The van der Waals surface area contributed by atoms with Crippen molar-refractivity contribution in [2.24, 2.45) is 12.0 Å². The number of hydrogen-bond donors (Lipinski definition) is 2. The molecule has 0 unspecified atom stereocenters. The first kappa shape index (κ1) is 21.2. The van der Waals surface area contributed by atoms with E-state index in [2.05, 4.69) is 20.7 Å². The minimum absolute atomic E-state index is 0.162. The molecule has 0 bridgehead atoms. The van der Waals surface area contributed by atoms with Crippen molar-refractivity contribution in [1.29, 1.82) is 0 Å². The number of hydrogen-bond acceptors (Lipinski definition) is 3. The minimum Gasteiger partial charge on any atom is -0.326 e. The van der Waals surface area contributed by atoms with Crippen molar-refractivity contribution in [2.45, 2.75) is 27.3 Å². The lowest BCUT2D eigenvalue weighted by Crippen LogP contribution is -2.36. The number of aryl methyl sites for hydroxylation is 3. The number of rotatable bonds is 4. The number of halogens is 2. The number of nitrogens with zero attached hydrogens (tertiary/aromatic N) is 3. The molecule has 0 atom stereocenters. The van der Waals surface area contributed by atoms with Crippen LogP contribution < -0.4 is 10.6 Å². The molecule has 1 aromatic heterocycles. The molecule has 1 amide bonds. The highest BCUT2D eigenvalue weighted by atomic mass is 19.1. The van der Waals surface area contributed by atoms with Gasteiger partial charge in [0.05, 0.1) is 12.2 Å². The van der Waals surface area contributed by atoms with Crippen LogP contribution in [0.2, 0.25) is 0 Å². The zero-order chi connectivity index (χ0) is 21.8. The molecule has 0 saturated carbocycles. The van der Waals surface area contributed by atoms with Gasteiger partial charge in [-0.2, -0.15) is 5.10 Å². The first-order valence-corrected chi connectivity index (χ1v) is 9.38. The first-order valence-electron chi connectivity index (χ1n) is 9.38. The Balaban J connectivity index is 1.86. The molecule has 8 heteroatoms. The molecule has 0 fully saturated rings. The summed E-state index contributed by atoms with van der Waals surface area (Å²) in [5.74, 6) is -1.19. The number of benzene rings is 2. The molecular formula is C22H23F2N5O. The second-order valence-corrected chi connectivity index (χ2v) is 6.99. The molecule has 30 heavy (non-hydrogen) atoms. The van der Waals surface area contributed by atoms with Gasteiger partial charge in [-0.3, -0.25) is 14.8 Å². The van der Waals surface area contributed by atoms with Crippen LogP contribution in [0.25, 0.3) is 0 Å². The molecule has 0 saturated heterocycles. The van der Waals surface area contributed by atoms with E-state index < -0.39 is 11.7 Å². The van der Waals surface area contributed by atoms with Crippen molar-refractivity contribution in [3.05, 3.63) is 82.2 Å². The molecule has 2 N–H and O–H groups in total. The molecule has 2 aromatic carbocycles. The maximum atomic E-state index is 13.9. The van der Waals surface area contributed by atoms with E-state index in [0.717, 1.165) is 17.0 Å². The monoisotopic (exact) mass is 411 g/mol. The average molecular weight is 411 g/mol. The van der Waals surface area contributed by atoms with Crippen LogP contribution in [-0.4, -0.2) is 21.6 Å². The molecule has 1 heterocycles. The topological polar surface area (TPSA) is 71.3 Å². The van der Waals surface area contributed by atoms with Gasteiger partial charge in [-0.25, -0.2) is 13.8 Å². The van der Waals surface area contributed by atoms with Crippen molar-refractivity contribution in [3.63, 3.8) is 0 Å². The van der Waals surface area contributed by atoms with Crippen molar-refractivity contribution in [3.8, 4) is 0 Å². The second-order valence-electron chi connectivity index (χ2n) is 6.99. The van der Waals surface area contributed by atoms with Crippen LogP contribution in [0.4, 0.5) is 14.5 Å². The summed E-state index contributed by atoms with van der Waals surface area (Å²) in [5, 5.41) is 10.0. The fourth-order valence-electron chi connectivity index (χ4n) is 2.90. The largest absolute Gasteiger partial charge is 0.326 e. The van der Waals surface area contributed by atoms with Gasteiger partial charge in [0.25, 0.3) is 5.91 Å². The van der Waals surface area contributed by atoms with Gasteiger partial charge in [0.1, 0.15) is 11.6 Å². The van der Waals surface area contributed by atoms with Crippen LogP contribution in [0.5, 0.6) is 0 Å². The van der Waals surface area contributed by atoms with Gasteiger partial charge in [-0.1, -0.05) is 6.07 Å². The van der Waals surface area contributed by atoms with Crippen LogP contribution >= 0.6 is 0 Å². The van der Waals surface area contributed by atoms with E-state index in [9.17, 15) is 13.6 Å². The van der Waals surface area contributed by atoms with E-state index in [0.29, 0.717) is 11.3 Å². The zero-order valence-corrected chi connectivity index (χ0v) is 17.3. The molecule has 3 aromatic rings. The fraction of sp³-hybridized carbons (Fsp3) is 0.227. The first-order chi connectivity index (χ1) is 14.2. The second kappa shape index (κ2) is 8.86. The van der Waals surface area contributed by atoms with E-state index in [1.165, 1.54) is 36.4 Å². The van der Waals surface area contributed by atoms with E-state index in [4.69, 9.17) is 0 Å². The highest BCUT2D eigenvalue weighted by Gasteiger charge is 2.13. The number of amides is 1. The number of nitrogens with one attached hydrogen (secondary N) is 2. The summed E-state index contributed by atoms with van der Waals surface area (Å²) >= 11 is 0. The van der Waals surface area contributed by atoms with Crippen LogP contribution in [0.15, 0.2) is 47.5 Å². The average Bonchev–Trinajstić information content (AvgIpc) is 2.95. The van der Waals surface area contributed by atoms with Gasteiger partial charge in [0.15, 0.2) is 0 Å². The predicted molar refractivity (Wildman–Crippen MR) is 112 cm³/mol. The molecule has 6 nitrogen and oxygen atoms in total. The Morgan fingerprint density at radius 1 is 1.10 bits per heavy atom. The van der Waals surface area contributed by atoms with Crippen molar-refractivity contribution >= 4 is 17.6 Å². The van der Waals surface area contributed by atoms with Crippen molar-refractivity contribution in [2.75, 3.05) is 5.32 Å². The molecule has 0 aliphatic rings. The van der Waals surface area contributed by atoms with Crippen LogP contribution in [-0.2, 0) is 13.6 Å².